The van der Waals surface area contributed by atoms with Gasteiger partial charge in [0.25, 0.3) is 0 Å². The number of benzene rings is 1. The van der Waals surface area contributed by atoms with E-state index in [1.165, 1.54) is 6.07 Å². The van der Waals surface area contributed by atoms with Crippen molar-refractivity contribution in [2.45, 2.75) is 25.9 Å². The number of amides is 2. The molecule has 5 nitrogen and oxygen atoms in total. The van der Waals surface area contributed by atoms with Crippen molar-refractivity contribution in [1.29, 1.82) is 0 Å². The summed E-state index contributed by atoms with van der Waals surface area (Å²) in [6.07, 6.45) is 5.59. The molecule has 2 heterocycles. The summed E-state index contributed by atoms with van der Waals surface area (Å²) in [6.45, 7) is 3.90. The molecule has 1 aliphatic rings. The monoisotopic (exact) mass is 331 g/mol. The number of hydrogen-bond acceptors (Lipinski definition) is 2. The van der Waals surface area contributed by atoms with Crippen molar-refractivity contribution in [2.24, 2.45) is 0 Å². The van der Waals surface area contributed by atoms with Crippen molar-refractivity contribution < 1.29 is 13.9 Å². The minimum atomic E-state index is -0.441. The quantitative estimate of drug-likeness (QED) is 0.929. The Kier molecular flexibility index (Phi) is 5.15. The Morgan fingerprint density at radius 1 is 1.29 bits per heavy atom. The average Bonchev–Trinajstić information content (AvgIpc) is 3.12. The second-order valence-electron chi connectivity index (χ2n) is 5.83. The molecular weight excluding hydrogens is 309 g/mol. The molecule has 1 fully saturated rings. The van der Waals surface area contributed by atoms with Gasteiger partial charge in [-0.3, -0.25) is 0 Å². The first-order valence-electron chi connectivity index (χ1n) is 8.28. The van der Waals surface area contributed by atoms with Gasteiger partial charge in [-0.2, -0.15) is 0 Å². The lowest BCUT2D eigenvalue weighted by Gasteiger charge is -2.31. The van der Waals surface area contributed by atoms with E-state index in [9.17, 15) is 9.18 Å². The number of nitrogens with one attached hydrogen (secondary N) is 1. The fourth-order valence-corrected chi connectivity index (χ4v) is 2.93. The maximum Gasteiger partial charge on any atom is 0.321 e. The highest BCUT2D eigenvalue weighted by atomic mass is 19.1. The van der Waals surface area contributed by atoms with Gasteiger partial charge in [0.2, 0.25) is 0 Å². The molecule has 1 aromatic heterocycles. The van der Waals surface area contributed by atoms with Gasteiger partial charge in [-0.1, -0.05) is 0 Å². The number of carbonyl (C=O) groups excluding carboxylic acids is 1. The van der Waals surface area contributed by atoms with Crippen LogP contribution in [0.5, 0.6) is 0 Å². The van der Waals surface area contributed by atoms with E-state index in [1.54, 1.807) is 17.0 Å². The standard InChI is InChI=1S/C18H22FN3O2/c1-2-24-15-7-11-22(12-8-15)18(23)20-17-13-14(5-6-16(17)19)21-9-3-4-10-21/h3-6,9-10,13,15H,2,7-8,11-12H2,1H3,(H,20,23). The zero-order valence-electron chi connectivity index (χ0n) is 13.7. The van der Waals surface area contributed by atoms with Crippen molar-refractivity contribution in [3.8, 4) is 5.69 Å². The maximum atomic E-state index is 14.0. The number of urea groups is 1. The van der Waals surface area contributed by atoms with E-state index < -0.39 is 5.82 Å². The largest absolute Gasteiger partial charge is 0.378 e. The van der Waals surface area contributed by atoms with E-state index in [2.05, 4.69) is 5.32 Å². The maximum absolute atomic E-state index is 14.0. The van der Waals surface area contributed by atoms with Crippen molar-refractivity contribution >= 4 is 11.7 Å². The fraction of sp³-hybridized carbons (Fsp3) is 0.389. The molecule has 0 aliphatic carbocycles. The first-order valence-corrected chi connectivity index (χ1v) is 8.28. The summed E-state index contributed by atoms with van der Waals surface area (Å²) < 4.78 is 21.5. The summed E-state index contributed by atoms with van der Waals surface area (Å²) in [6, 6.07) is 8.20. The molecule has 2 amide bonds. The van der Waals surface area contributed by atoms with Crippen LogP contribution in [-0.4, -0.2) is 41.3 Å². The van der Waals surface area contributed by atoms with Crippen molar-refractivity contribution in [2.75, 3.05) is 25.0 Å². The number of piperidine rings is 1. The Balaban J connectivity index is 1.65. The van der Waals surface area contributed by atoms with Crippen molar-refractivity contribution in [3.63, 3.8) is 0 Å². The average molecular weight is 331 g/mol. The van der Waals surface area contributed by atoms with Crippen LogP contribution in [0.25, 0.3) is 5.69 Å². The van der Waals surface area contributed by atoms with E-state index in [4.69, 9.17) is 4.74 Å². The fourth-order valence-electron chi connectivity index (χ4n) is 2.93. The van der Waals surface area contributed by atoms with Crippen LogP contribution in [-0.2, 0) is 4.74 Å². The summed E-state index contributed by atoms with van der Waals surface area (Å²) >= 11 is 0. The number of carbonyl (C=O) groups is 1. The number of halogens is 1. The van der Waals surface area contributed by atoms with Gasteiger partial charge in [-0.25, -0.2) is 9.18 Å². The number of anilines is 1. The van der Waals surface area contributed by atoms with Crippen LogP contribution in [0.3, 0.4) is 0 Å². The van der Waals surface area contributed by atoms with Gasteiger partial charge in [0.1, 0.15) is 5.82 Å². The lowest BCUT2D eigenvalue weighted by atomic mass is 10.1. The van der Waals surface area contributed by atoms with Crippen LogP contribution < -0.4 is 5.32 Å². The van der Waals surface area contributed by atoms with Crippen LogP contribution in [0.15, 0.2) is 42.7 Å². The van der Waals surface area contributed by atoms with Gasteiger partial charge in [0, 0.05) is 37.8 Å². The Bertz CT molecular complexity index is 680. The van der Waals surface area contributed by atoms with Crippen LogP contribution in [0.4, 0.5) is 14.9 Å². The zero-order chi connectivity index (χ0) is 16.9. The molecule has 0 unspecified atom stereocenters. The second kappa shape index (κ2) is 7.49. The number of ether oxygens (including phenoxy) is 1. The smallest absolute Gasteiger partial charge is 0.321 e. The summed E-state index contributed by atoms with van der Waals surface area (Å²) in [5.74, 6) is -0.441. The molecule has 2 aromatic rings. The van der Waals surface area contributed by atoms with E-state index in [1.807, 2.05) is 36.0 Å². The molecule has 3 rings (SSSR count). The van der Waals surface area contributed by atoms with E-state index >= 15 is 0 Å². The molecule has 6 heteroatoms. The van der Waals surface area contributed by atoms with Crippen LogP contribution in [0, 0.1) is 5.82 Å². The number of aromatic nitrogens is 1. The van der Waals surface area contributed by atoms with Gasteiger partial charge >= 0.3 is 6.03 Å². The molecule has 1 aromatic carbocycles. The van der Waals surface area contributed by atoms with Crippen LogP contribution >= 0.6 is 0 Å². The first kappa shape index (κ1) is 16.5. The first-order chi connectivity index (χ1) is 11.7. The lowest BCUT2D eigenvalue weighted by Crippen LogP contribution is -2.43. The van der Waals surface area contributed by atoms with Crippen LogP contribution in [0.1, 0.15) is 19.8 Å². The van der Waals surface area contributed by atoms with Crippen molar-refractivity contribution in [3.05, 3.63) is 48.5 Å². The third kappa shape index (κ3) is 3.76. The highest BCUT2D eigenvalue weighted by Crippen LogP contribution is 2.21. The van der Waals surface area contributed by atoms with Gasteiger partial charge in [-0.15, -0.1) is 0 Å². The van der Waals surface area contributed by atoms with Gasteiger partial charge in [-0.05, 0) is 50.1 Å². The Hall–Kier alpha value is -2.34. The SMILES string of the molecule is CCOC1CCN(C(=O)Nc2cc(-n3cccc3)ccc2F)CC1. The molecule has 0 bridgehead atoms. The minimum absolute atomic E-state index is 0.193. The molecule has 128 valence electrons. The third-order valence-electron chi connectivity index (χ3n) is 4.23. The molecule has 1 saturated heterocycles. The number of likely N-dealkylation sites (tertiary alicyclic amines) is 1. The van der Waals surface area contributed by atoms with Gasteiger partial charge < -0.3 is 19.5 Å². The normalized spacial score (nSPS) is 15.5. The lowest BCUT2D eigenvalue weighted by molar-refractivity contribution is 0.0232. The zero-order valence-corrected chi connectivity index (χ0v) is 13.7. The highest BCUT2D eigenvalue weighted by Gasteiger charge is 2.23. The summed E-state index contributed by atoms with van der Waals surface area (Å²) in [5.41, 5.74) is 0.991. The Morgan fingerprint density at radius 2 is 2.00 bits per heavy atom. The van der Waals surface area contributed by atoms with E-state index in [0.29, 0.717) is 19.7 Å². The molecule has 0 radical (unpaired) electrons. The minimum Gasteiger partial charge on any atom is -0.378 e. The Morgan fingerprint density at radius 3 is 2.67 bits per heavy atom. The van der Waals surface area contributed by atoms with Crippen molar-refractivity contribution in [1.82, 2.24) is 9.47 Å². The predicted octanol–water partition coefficient (Wildman–Crippen LogP) is 3.65. The summed E-state index contributed by atoms with van der Waals surface area (Å²) in [4.78, 5) is 14.1. The van der Waals surface area contributed by atoms with E-state index in [-0.39, 0.29) is 17.8 Å². The molecule has 24 heavy (non-hydrogen) atoms. The molecular formula is C18H22FN3O2. The Labute approximate surface area is 141 Å². The molecule has 1 N–H and O–H groups in total. The molecule has 0 saturated carbocycles. The molecule has 0 spiro atoms. The predicted molar refractivity (Wildman–Crippen MR) is 91.0 cm³/mol. The number of nitrogens with zero attached hydrogens (tertiary/aromatic N) is 2. The topological polar surface area (TPSA) is 46.5 Å². The number of rotatable bonds is 4. The van der Waals surface area contributed by atoms with E-state index in [0.717, 1.165) is 18.5 Å². The summed E-state index contributed by atoms with van der Waals surface area (Å²) in [7, 11) is 0. The van der Waals surface area contributed by atoms with Gasteiger partial charge in [0.15, 0.2) is 0 Å². The second-order valence-corrected chi connectivity index (χ2v) is 5.83. The molecule has 1 aliphatic heterocycles. The van der Waals surface area contributed by atoms with Crippen LogP contribution in [0.2, 0.25) is 0 Å². The third-order valence-corrected chi connectivity index (χ3v) is 4.23. The summed E-state index contributed by atoms with van der Waals surface area (Å²) in [5, 5.41) is 2.69. The number of hydrogen-bond donors (Lipinski definition) is 1. The molecule has 0 atom stereocenters. The van der Waals surface area contributed by atoms with Gasteiger partial charge in [0.05, 0.1) is 11.8 Å². The highest BCUT2D eigenvalue weighted by molar-refractivity contribution is 5.89.